The molecule has 0 radical (unpaired) electrons. The molecular weight excluding hydrogens is 741 g/mol. The molecule has 4 bridgehead atoms. The van der Waals surface area contributed by atoms with Gasteiger partial charge < -0.3 is 23.7 Å². The number of carbonyl (C=O) groups is 3. The Bertz CT molecular complexity index is 1110. The second-order valence-corrected chi connectivity index (χ2v) is 19.8. The fourth-order valence-corrected chi connectivity index (χ4v) is 10.5. The first-order valence-corrected chi connectivity index (χ1v) is 25.1. The minimum Gasteiger partial charge on any atom is -0.459 e. The Hall–Kier alpha value is -1.67. The summed E-state index contributed by atoms with van der Waals surface area (Å²) in [5.41, 5.74) is -2.30. The van der Waals surface area contributed by atoms with E-state index in [0.717, 1.165) is 50.9 Å². The van der Waals surface area contributed by atoms with Crippen molar-refractivity contribution in [2.75, 3.05) is 13.2 Å². The third-order valence-electron chi connectivity index (χ3n) is 13.3. The summed E-state index contributed by atoms with van der Waals surface area (Å²) in [5, 5.41) is 0. The molecule has 0 aromatic rings. The summed E-state index contributed by atoms with van der Waals surface area (Å²) in [6, 6.07) is 0. The van der Waals surface area contributed by atoms with E-state index in [-0.39, 0.29) is 35.7 Å². The number of esters is 3. The lowest BCUT2D eigenvalue weighted by Gasteiger charge is -2.56. The van der Waals surface area contributed by atoms with E-state index in [1.165, 1.54) is 89.9 Å². The summed E-state index contributed by atoms with van der Waals surface area (Å²) in [7, 11) is 0. The fraction of sp³-hybridized carbons (Fsp3) is 0.941. The summed E-state index contributed by atoms with van der Waals surface area (Å²) in [6.45, 7) is 20.2. The van der Waals surface area contributed by atoms with E-state index in [1.807, 2.05) is 20.8 Å². The highest BCUT2D eigenvalue weighted by atomic mass is 16.7. The Labute approximate surface area is 363 Å². The molecule has 5 aliphatic carbocycles. The van der Waals surface area contributed by atoms with Gasteiger partial charge in [0.05, 0.1) is 12.8 Å². The van der Waals surface area contributed by atoms with Crippen LogP contribution in [0.25, 0.3) is 0 Å². The molecule has 0 spiro atoms. The highest BCUT2D eigenvalue weighted by molar-refractivity contribution is 5.72. The molecule has 59 heavy (non-hydrogen) atoms. The maximum absolute atomic E-state index is 13.8. The molecule has 0 N–H and O–H groups in total. The summed E-state index contributed by atoms with van der Waals surface area (Å²) < 4.78 is 31.4. The second kappa shape index (κ2) is 28.8. The molecule has 0 aromatic heterocycles. The number of unbranched alkanes of at least 4 members (excludes halogenated alkanes) is 11. The molecule has 0 saturated heterocycles. The van der Waals surface area contributed by atoms with Crippen LogP contribution in [0.5, 0.6) is 0 Å². The molecule has 0 aromatic carbocycles. The van der Waals surface area contributed by atoms with Gasteiger partial charge in [0.15, 0.2) is 6.29 Å². The third kappa shape index (κ3) is 20.8. The largest absolute Gasteiger partial charge is 0.459 e. The van der Waals surface area contributed by atoms with Crippen molar-refractivity contribution in [3.8, 4) is 0 Å². The zero-order valence-corrected chi connectivity index (χ0v) is 40.1. The Morgan fingerprint density at radius 3 is 1.46 bits per heavy atom. The molecule has 8 heteroatoms. The predicted molar refractivity (Wildman–Crippen MR) is 241 cm³/mol. The monoisotopic (exact) mass is 835 g/mol. The Morgan fingerprint density at radius 1 is 0.542 bits per heavy atom. The SMILES string of the molecule is CCC.CCCC.CCCCCCCCOC(CCC(=O)OC1(C)CC2CC(C)(OC(=O)CC)CC(OC(=O)CC34CCC(CC3)CC4)(C2)C1)OCCCCCCCC. The smallest absolute Gasteiger partial charge is 0.306 e. The van der Waals surface area contributed by atoms with Gasteiger partial charge in [-0.1, -0.05) is 132 Å². The van der Waals surface area contributed by atoms with Gasteiger partial charge in [-0.05, 0) is 102 Å². The highest BCUT2D eigenvalue weighted by Crippen LogP contribution is 2.56. The van der Waals surface area contributed by atoms with Gasteiger partial charge in [-0.2, -0.15) is 0 Å². The van der Waals surface area contributed by atoms with E-state index in [9.17, 15) is 14.4 Å². The maximum Gasteiger partial charge on any atom is 0.306 e. The summed E-state index contributed by atoms with van der Waals surface area (Å²) in [6.07, 6.45) is 29.0. The molecule has 0 aliphatic heterocycles. The number of hydrogen-bond donors (Lipinski definition) is 0. The molecular formula is C51H94O8. The standard InChI is InChI=1S/C44H76O8.C4H10.C3H8/c1-6-9-11-13-15-17-27-48-40(49-28-18-16-14-12-10-7-2)20-19-38(46)51-42(5)30-36-29-41(4,50-37(45)8-3)33-44(31-36,34-42)52-39(47)32-43-24-21-35(22-25-43)23-26-43;1-3-4-2;1-3-2/h35-36,40H,6-34H2,1-5H3;3-4H2,1-2H3;3H2,1-2H3. The van der Waals surface area contributed by atoms with Crippen molar-refractivity contribution < 1.29 is 38.1 Å². The first-order chi connectivity index (χ1) is 28.3. The lowest BCUT2D eigenvalue weighted by molar-refractivity contribution is -0.223. The minimum absolute atomic E-state index is 0.0593. The molecule has 5 fully saturated rings. The molecule has 0 amide bonds. The van der Waals surface area contributed by atoms with Crippen LogP contribution in [0.2, 0.25) is 0 Å². The van der Waals surface area contributed by atoms with Crippen LogP contribution in [-0.4, -0.2) is 54.2 Å². The number of carbonyl (C=O) groups excluding carboxylic acids is 3. The van der Waals surface area contributed by atoms with Gasteiger partial charge >= 0.3 is 17.9 Å². The van der Waals surface area contributed by atoms with Gasteiger partial charge in [-0.25, -0.2) is 0 Å². The van der Waals surface area contributed by atoms with Crippen LogP contribution < -0.4 is 0 Å². The summed E-state index contributed by atoms with van der Waals surface area (Å²) >= 11 is 0. The second-order valence-electron chi connectivity index (χ2n) is 19.8. The predicted octanol–water partition coefficient (Wildman–Crippen LogP) is 14.3. The Kier molecular flexibility index (Phi) is 26.1. The first-order valence-electron chi connectivity index (χ1n) is 25.1. The van der Waals surface area contributed by atoms with Crippen LogP contribution in [0.3, 0.4) is 0 Å². The van der Waals surface area contributed by atoms with Crippen LogP contribution >= 0.6 is 0 Å². The lowest BCUT2D eigenvalue weighted by atomic mass is 9.59. The topological polar surface area (TPSA) is 97.4 Å². The molecule has 4 unspecified atom stereocenters. The zero-order chi connectivity index (χ0) is 43.6. The average molecular weight is 835 g/mol. The molecule has 0 heterocycles. The van der Waals surface area contributed by atoms with Gasteiger partial charge in [-0.3, -0.25) is 14.4 Å². The van der Waals surface area contributed by atoms with Crippen LogP contribution in [0.1, 0.15) is 255 Å². The summed E-state index contributed by atoms with van der Waals surface area (Å²) in [4.78, 5) is 39.9. The molecule has 346 valence electrons. The van der Waals surface area contributed by atoms with Crippen molar-refractivity contribution in [1.29, 1.82) is 0 Å². The molecule has 5 saturated carbocycles. The van der Waals surface area contributed by atoms with E-state index < -0.39 is 23.1 Å². The Morgan fingerprint density at radius 2 is 1.00 bits per heavy atom. The van der Waals surface area contributed by atoms with Gasteiger partial charge in [-0.15, -0.1) is 0 Å². The highest BCUT2D eigenvalue weighted by Gasteiger charge is 2.59. The molecule has 4 atom stereocenters. The van der Waals surface area contributed by atoms with Gasteiger partial charge in [0.25, 0.3) is 0 Å². The minimum atomic E-state index is -0.846. The van der Waals surface area contributed by atoms with Gasteiger partial charge in [0, 0.05) is 38.9 Å². The average Bonchev–Trinajstić information content (AvgIpc) is 3.18. The third-order valence-corrected chi connectivity index (χ3v) is 13.3. The molecule has 8 nitrogen and oxygen atoms in total. The van der Waals surface area contributed by atoms with E-state index >= 15 is 0 Å². The van der Waals surface area contributed by atoms with Crippen molar-refractivity contribution in [2.24, 2.45) is 17.3 Å². The summed E-state index contributed by atoms with van der Waals surface area (Å²) in [5.74, 6) is 0.280. The number of rotatable bonds is 26. The van der Waals surface area contributed by atoms with Crippen LogP contribution in [-0.2, 0) is 38.1 Å². The number of fused-ring (bicyclic) bond motifs is 5. The zero-order valence-electron chi connectivity index (χ0n) is 40.1. The first kappa shape index (κ1) is 53.5. The quantitative estimate of drug-likeness (QED) is 0.0368. The van der Waals surface area contributed by atoms with Crippen molar-refractivity contribution in [3.63, 3.8) is 0 Å². The Balaban J connectivity index is 0.00000159. The van der Waals surface area contributed by atoms with Crippen molar-refractivity contribution in [3.05, 3.63) is 0 Å². The number of ether oxygens (including phenoxy) is 5. The van der Waals surface area contributed by atoms with Crippen molar-refractivity contribution in [2.45, 2.75) is 278 Å². The maximum atomic E-state index is 13.8. The van der Waals surface area contributed by atoms with Crippen LogP contribution in [0, 0.1) is 17.3 Å². The molecule has 5 rings (SSSR count). The van der Waals surface area contributed by atoms with E-state index in [0.29, 0.717) is 64.6 Å². The van der Waals surface area contributed by atoms with Crippen molar-refractivity contribution >= 4 is 17.9 Å². The van der Waals surface area contributed by atoms with Gasteiger partial charge in [0.1, 0.15) is 16.8 Å². The molecule has 5 aliphatic rings. The van der Waals surface area contributed by atoms with E-state index in [1.54, 1.807) is 0 Å². The van der Waals surface area contributed by atoms with Crippen LogP contribution in [0.4, 0.5) is 0 Å². The normalized spacial score (nSPS) is 28.2. The fourth-order valence-electron chi connectivity index (χ4n) is 10.5. The van der Waals surface area contributed by atoms with Gasteiger partial charge in [0.2, 0.25) is 0 Å². The van der Waals surface area contributed by atoms with E-state index in [2.05, 4.69) is 41.5 Å². The van der Waals surface area contributed by atoms with Crippen LogP contribution in [0.15, 0.2) is 0 Å². The van der Waals surface area contributed by atoms with E-state index in [4.69, 9.17) is 23.7 Å². The van der Waals surface area contributed by atoms with Crippen molar-refractivity contribution in [1.82, 2.24) is 0 Å². The number of hydrogen-bond acceptors (Lipinski definition) is 8. The lowest BCUT2D eigenvalue weighted by Crippen LogP contribution is -2.60.